The van der Waals surface area contributed by atoms with Gasteiger partial charge in [-0.1, -0.05) is 12.1 Å². The van der Waals surface area contributed by atoms with Gasteiger partial charge in [-0.3, -0.25) is 0 Å². The molecule has 1 aliphatic carbocycles. The molecule has 0 amide bonds. The second-order valence-corrected chi connectivity index (χ2v) is 5.05. The molecule has 2 rings (SSSR count). The van der Waals surface area contributed by atoms with Gasteiger partial charge in [-0.25, -0.2) is 0 Å². The van der Waals surface area contributed by atoms with Crippen LogP contribution in [0.15, 0.2) is 29.4 Å². The van der Waals surface area contributed by atoms with E-state index in [2.05, 4.69) is 5.18 Å². The lowest BCUT2D eigenvalue weighted by molar-refractivity contribution is -0.113. The number of carbonyl (C=O) groups is 1. The van der Waals surface area contributed by atoms with Crippen LogP contribution in [0.4, 0.5) is 5.69 Å². The second kappa shape index (κ2) is 5.40. The van der Waals surface area contributed by atoms with E-state index in [9.17, 15) is 14.8 Å². The molecule has 0 aromatic heterocycles. The molecule has 1 N–H and O–H groups in total. The monoisotopic (exact) mass is 247 g/mol. The standard InChI is InChI=1S/C14H17NO3/c16-10-9-14(17)7-5-12(6-8-14)11-1-3-13(15-18)4-2-11/h1-4,10,12,17H,5-9H2/t12-,14+. The summed E-state index contributed by atoms with van der Waals surface area (Å²) in [6, 6.07) is 7.28. The fraction of sp³-hybridized carbons (Fsp3) is 0.500. The SMILES string of the molecule is O=CC[C@]1(O)CC[C@@H](c2ccc(N=O)cc2)CC1. The van der Waals surface area contributed by atoms with Crippen molar-refractivity contribution in [2.75, 3.05) is 0 Å². The van der Waals surface area contributed by atoms with E-state index in [1.807, 2.05) is 12.1 Å². The van der Waals surface area contributed by atoms with Crippen LogP contribution in [0.5, 0.6) is 0 Å². The number of hydrogen-bond acceptors (Lipinski definition) is 4. The van der Waals surface area contributed by atoms with Crippen LogP contribution in [-0.4, -0.2) is 17.0 Å². The van der Waals surface area contributed by atoms with Gasteiger partial charge in [0.2, 0.25) is 0 Å². The van der Waals surface area contributed by atoms with Gasteiger partial charge in [0.25, 0.3) is 0 Å². The summed E-state index contributed by atoms with van der Waals surface area (Å²) in [5, 5.41) is 13.0. The third-order valence-electron chi connectivity index (χ3n) is 3.85. The fourth-order valence-corrected chi connectivity index (χ4v) is 2.66. The molecule has 0 heterocycles. The fourth-order valence-electron chi connectivity index (χ4n) is 2.66. The van der Waals surface area contributed by atoms with Crippen molar-refractivity contribution in [3.05, 3.63) is 34.7 Å². The first-order valence-electron chi connectivity index (χ1n) is 6.26. The summed E-state index contributed by atoms with van der Waals surface area (Å²) in [7, 11) is 0. The normalized spacial score (nSPS) is 27.7. The highest BCUT2D eigenvalue weighted by molar-refractivity contribution is 5.51. The Bertz CT molecular complexity index is 419. The van der Waals surface area contributed by atoms with Gasteiger partial charge in [0.1, 0.15) is 12.0 Å². The summed E-state index contributed by atoms with van der Waals surface area (Å²) in [4.78, 5) is 20.8. The smallest absolute Gasteiger partial charge is 0.122 e. The molecule has 1 aromatic carbocycles. The lowest BCUT2D eigenvalue weighted by Crippen LogP contribution is -2.33. The van der Waals surface area contributed by atoms with Gasteiger partial charge < -0.3 is 9.90 Å². The Morgan fingerprint density at radius 3 is 2.39 bits per heavy atom. The predicted octanol–water partition coefficient (Wildman–Crippen LogP) is 3.06. The Balaban J connectivity index is 2.00. The quantitative estimate of drug-likeness (QED) is 0.656. The van der Waals surface area contributed by atoms with Crippen LogP contribution in [0.25, 0.3) is 0 Å². The van der Waals surface area contributed by atoms with E-state index < -0.39 is 5.60 Å². The molecule has 0 bridgehead atoms. The maximum atomic E-state index is 10.5. The Hall–Kier alpha value is -1.55. The molecule has 0 atom stereocenters. The van der Waals surface area contributed by atoms with Crippen molar-refractivity contribution in [3.63, 3.8) is 0 Å². The number of aliphatic hydroxyl groups is 1. The van der Waals surface area contributed by atoms with Crippen LogP contribution in [0.1, 0.15) is 43.6 Å². The van der Waals surface area contributed by atoms with Crippen LogP contribution in [0.3, 0.4) is 0 Å². The summed E-state index contributed by atoms with van der Waals surface area (Å²) < 4.78 is 0. The Labute approximate surface area is 106 Å². The Kier molecular flexibility index (Phi) is 3.87. The van der Waals surface area contributed by atoms with Crippen LogP contribution in [-0.2, 0) is 4.79 Å². The molecule has 18 heavy (non-hydrogen) atoms. The highest BCUT2D eigenvalue weighted by Crippen LogP contribution is 2.39. The van der Waals surface area contributed by atoms with Crippen molar-refractivity contribution in [2.24, 2.45) is 5.18 Å². The Morgan fingerprint density at radius 2 is 1.89 bits per heavy atom. The number of carbonyl (C=O) groups excluding carboxylic acids is 1. The van der Waals surface area contributed by atoms with Crippen molar-refractivity contribution in [3.8, 4) is 0 Å². The Morgan fingerprint density at radius 1 is 1.28 bits per heavy atom. The summed E-state index contributed by atoms with van der Waals surface area (Å²) in [6.07, 6.45) is 4.09. The van der Waals surface area contributed by atoms with Gasteiger partial charge in [0.05, 0.1) is 5.60 Å². The molecule has 96 valence electrons. The second-order valence-electron chi connectivity index (χ2n) is 5.05. The third kappa shape index (κ3) is 2.82. The van der Waals surface area contributed by atoms with Gasteiger partial charge in [-0.15, -0.1) is 4.91 Å². The molecule has 0 spiro atoms. The van der Waals surface area contributed by atoms with E-state index in [-0.39, 0.29) is 6.42 Å². The van der Waals surface area contributed by atoms with Crippen LogP contribution in [0.2, 0.25) is 0 Å². The van der Waals surface area contributed by atoms with Gasteiger partial charge in [-0.2, -0.15) is 0 Å². The van der Waals surface area contributed by atoms with Gasteiger partial charge in [0.15, 0.2) is 0 Å². The molecule has 1 aromatic rings. The summed E-state index contributed by atoms with van der Waals surface area (Å²) in [5.74, 6) is 0.401. The van der Waals surface area contributed by atoms with Crippen molar-refractivity contribution in [1.29, 1.82) is 0 Å². The van der Waals surface area contributed by atoms with E-state index >= 15 is 0 Å². The number of hydrogen-bond donors (Lipinski definition) is 1. The maximum absolute atomic E-state index is 10.5. The highest BCUT2D eigenvalue weighted by atomic mass is 16.3. The summed E-state index contributed by atoms with van der Waals surface area (Å²) in [6.45, 7) is 0. The lowest BCUT2D eigenvalue weighted by atomic mass is 9.75. The largest absolute Gasteiger partial charge is 0.389 e. The zero-order valence-electron chi connectivity index (χ0n) is 10.2. The van der Waals surface area contributed by atoms with Crippen LogP contribution >= 0.6 is 0 Å². The number of benzene rings is 1. The van der Waals surface area contributed by atoms with E-state index in [0.29, 0.717) is 24.4 Å². The van der Waals surface area contributed by atoms with Crippen molar-refractivity contribution in [1.82, 2.24) is 0 Å². The average Bonchev–Trinajstić information content (AvgIpc) is 2.40. The van der Waals surface area contributed by atoms with Gasteiger partial charge in [0, 0.05) is 6.42 Å². The van der Waals surface area contributed by atoms with Gasteiger partial charge in [-0.05, 0) is 54.5 Å². The average molecular weight is 247 g/mol. The molecule has 0 radical (unpaired) electrons. The minimum absolute atomic E-state index is 0.230. The molecular weight excluding hydrogens is 230 g/mol. The van der Waals surface area contributed by atoms with E-state index in [1.54, 1.807) is 12.1 Å². The predicted molar refractivity (Wildman–Crippen MR) is 68.7 cm³/mol. The summed E-state index contributed by atoms with van der Waals surface area (Å²) >= 11 is 0. The molecule has 1 saturated carbocycles. The van der Waals surface area contributed by atoms with Crippen molar-refractivity contribution >= 4 is 12.0 Å². The number of nitroso groups, excluding NO2 is 1. The van der Waals surface area contributed by atoms with E-state index in [1.165, 1.54) is 5.56 Å². The first-order chi connectivity index (χ1) is 8.67. The van der Waals surface area contributed by atoms with E-state index in [4.69, 9.17) is 0 Å². The van der Waals surface area contributed by atoms with Crippen molar-refractivity contribution in [2.45, 2.75) is 43.6 Å². The molecule has 0 saturated heterocycles. The first-order valence-corrected chi connectivity index (χ1v) is 6.26. The summed E-state index contributed by atoms with van der Waals surface area (Å²) in [5.41, 5.74) is 0.810. The van der Waals surface area contributed by atoms with Gasteiger partial charge >= 0.3 is 0 Å². The minimum atomic E-state index is -0.803. The lowest BCUT2D eigenvalue weighted by Gasteiger charge is -2.35. The zero-order valence-corrected chi connectivity index (χ0v) is 10.2. The number of rotatable bonds is 4. The number of nitrogens with zero attached hydrogens (tertiary/aromatic N) is 1. The molecule has 0 aliphatic heterocycles. The molecule has 1 aliphatic rings. The topological polar surface area (TPSA) is 66.7 Å². The van der Waals surface area contributed by atoms with E-state index in [0.717, 1.165) is 19.1 Å². The molecule has 1 fully saturated rings. The third-order valence-corrected chi connectivity index (χ3v) is 3.85. The maximum Gasteiger partial charge on any atom is 0.122 e. The van der Waals surface area contributed by atoms with Crippen LogP contribution < -0.4 is 0 Å². The minimum Gasteiger partial charge on any atom is -0.389 e. The highest BCUT2D eigenvalue weighted by Gasteiger charge is 2.33. The molecule has 4 heteroatoms. The molecular formula is C14H17NO3. The first kappa shape index (κ1) is 12.9. The molecule has 4 nitrogen and oxygen atoms in total. The number of aldehydes is 1. The molecule has 0 unspecified atom stereocenters. The zero-order chi connectivity index (χ0) is 13.0. The van der Waals surface area contributed by atoms with Crippen molar-refractivity contribution < 1.29 is 9.90 Å². The van der Waals surface area contributed by atoms with Crippen LogP contribution in [0, 0.1) is 4.91 Å².